The van der Waals surface area contributed by atoms with Crippen LogP contribution in [0.1, 0.15) is 42.0 Å². The van der Waals surface area contributed by atoms with Gasteiger partial charge in [0.05, 0.1) is 5.97 Å². The first-order valence-corrected chi connectivity index (χ1v) is 8.93. The molecule has 4 nitrogen and oxygen atoms in total. The molecule has 2 unspecified atom stereocenters. The van der Waals surface area contributed by atoms with E-state index in [-0.39, 0.29) is 6.04 Å². The predicted molar refractivity (Wildman–Crippen MR) is 92.5 cm³/mol. The van der Waals surface area contributed by atoms with Crippen LogP contribution < -0.4 is 5.11 Å². The van der Waals surface area contributed by atoms with Crippen molar-refractivity contribution >= 4 is 5.97 Å². The minimum Gasteiger partial charge on any atom is -0.546 e. The molecule has 4 heteroatoms. The Morgan fingerprint density at radius 3 is 2.28 bits per heavy atom. The summed E-state index contributed by atoms with van der Waals surface area (Å²) in [5.74, 6) is -0.794. The summed E-state index contributed by atoms with van der Waals surface area (Å²) in [6, 6.07) is 16.1. The molecule has 2 aromatic rings. The number of carboxylic acids is 1. The Balaban J connectivity index is 1.83. The molecule has 0 aliphatic carbocycles. The van der Waals surface area contributed by atoms with Crippen LogP contribution in [0.5, 0.6) is 0 Å². The van der Waals surface area contributed by atoms with E-state index in [1.54, 1.807) is 42.5 Å². The summed E-state index contributed by atoms with van der Waals surface area (Å²) in [6.45, 7) is 2.08. The Bertz CT molecular complexity index is 768. The third-order valence-corrected chi connectivity index (χ3v) is 5.84. The molecule has 2 atom stereocenters. The molecule has 3 aliphatic rings. The van der Waals surface area contributed by atoms with Gasteiger partial charge in [0.1, 0.15) is 0 Å². The molecule has 1 N–H and O–H groups in total. The first-order chi connectivity index (χ1) is 12.1. The minimum absolute atomic E-state index is 0.165. The first-order valence-electron chi connectivity index (χ1n) is 8.93. The van der Waals surface area contributed by atoms with Crippen LogP contribution in [-0.2, 0) is 10.4 Å². The van der Waals surface area contributed by atoms with Crippen molar-refractivity contribution < 1.29 is 15.0 Å². The molecule has 2 bridgehead atoms. The van der Waals surface area contributed by atoms with Gasteiger partial charge in [0, 0.05) is 6.04 Å². The lowest BCUT2D eigenvalue weighted by Crippen LogP contribution is -2.49. The van der Waals surface area contributed by atoms with Gasteiger partial charge in [-0.15, -0.1) is 0 Å². The van der Waals surface area contributed by atoms with Gasteiger partial charge >= 0.3 is 0 Å². The fourth-order valence-corrected chi connectivity index (χ4v) is 4.47. The Hall–Kier alpha value is -2.17. The lowest BCUT2D eigenvalue weighted by molar-refractivity contribution is -0.323. The molecule has 3 saturated heterocycles. The molecule has 3 heterocycles. The van der Waals surface area contributed by atoms with E-state index in [4.69, 9.17) is 0 Å². The van der Waals surface area contributed by atoms with E-state index in [0.717, 1.165) is 25.1 Å². The number of carboxylic acid groups (broad SMARTS) is 1. The zero-order valence-electron chi connectivity index (χ0n) is 14.1. The predicted octanol–water partition coefficient (Wildman–Crippen LogP) is 1.83. The number of fused-ring (bicyclic) bond motifs is 3. The van der Waals surface area contributed by atoms with Crippen LogP contribution in [0.15, 0.2) is 54.6 Å². The third kappa shape index (κ3) is 2.66. The standard InChI is InChI=1S/C21H23NO3/c23-20(24)21(25,16-6-2-1-3-7-16)18-9-5-4-8-17(18)19-14-15-10-12-22(19)13-11-15/h1-9,15,19,25H,10-14H2,(H,23,24)/p-1. The molecule has 3 fully saturated rings. The normalized spacial score (nSPS) is 27.6. The molecule has 3 aliphatic heterocycles. The van der Waals surface area contributed by atoms with Crippen molar-refractivity contribution in [3.63, 3.8) is 0 Å². The van der Waals surface area contributed by atoms with Crippen molar-refractivity contribution in [3.8, 4) is 0 Å². The van der Waals surface area contributed by atoms with Crippen LogP contribution in [0.25, 0.3) is 0 Å². The monoisotopic (exact) mass is 336 g/mol. The largest absolute Gasteiger partial charge is 0.546 e. The highest BCUT2D eigenvalue weighted by atomic mass is 16.4. The second kappa shape index (κ2) is 6.28. The second-order valence-corrected chi connectivity index (χ2v) is 7.18. The summed E-state index contributed by atoms with van der Waals surface area (Å²) in [6.07, 6.45) is 3.44. The van der Waals surface area contributed by atoms with Gasteiger partial charge in [0.25, 0.3) is 0 Å². The highest BCUT2D eigenvalue weighted by molar-refractivity contribution is 5.82. The quantitative estimate of drug-likeness (QED) is 0.925. The summed E-state index contributed by atoms with van der Waals surface area (Å²) in [5, 5.41) is 23.3. The number of hydrogen-bond donors (Lipinski definition) is 1. The number of aliphatic carboxylic acids is 1. The van der Waals surface area contributed by atoms with Crippen LogP contribution in [-0.4, -0.2) is 29.1 Å². The van der Waals surface area contributed by atoms with Gasteiger partial charge in [0.15, 0.2) is 5.60 Å². The number of carbonyl (C=O) groups excluding carboxylic acids is 1. The van der Waals surface area contributed by atoms with Crippen molar-refractivity contribution in [2.45, 2.75) is 30.9 Å². The van der Waals surface area contributed by atoms with E-state index in [2.05, 4.69) is 4.90 Å². The number of aliphatic hydroxyl groups is 1. The minimum atomic E-state index is -2.14. The van der Waals surface area contributed by atoms with Gasteiger partial charge in [-0.1, -0.05) is 54.6 Å². The smallest absolute Gasteiger partial charge is 0.155 e. The van der Waals surface area contributed by atoms with Crippen molar-refractivity contribution in [3.05, 3.63) is 71.3 Å². The average molecular weight is 336 g/mol. The molecular weight excluding hydrogens is 314 g/mol. The fourth-order valence-electron chi connectivity index (χ4n) is 4.47. The maximum absolute atomic E-state index is 12.0. The van der Waals surface area contributed by atoms with Gasteiger partial charge in [-0.25, -0.2) is 0 Å². The lowest BCUT2D eigenvalue weighted by Gasteiger charge is -2.47. The van der Waals surface area contributed by atoms with Crippen LogP contribution in [0.2, 0.25) is 0 Å². The summed E-state index contributed by atoms with van der Waals surface area (Å²) in [5.41, 5.74) is -0.477. The maximum Gasteiger partial charge on any atom is 0.155 e. The van der Waals surface area contributed by atoms with E-state index >= 15 is 0 Å². The van der Waals surface area contributed by atoms with E-state index in [1.807, 2.05) is 12.1 Å². The number of rotatable bonds is 4. The lowest BCUT2D eigenvalue weighted by atomic mass is 9.76. The first kappa shape index (κ1) is 16.3. The fraction of sp³-hybridized carbons (Fsp3) is 0.381. The van der Waals surface area contributed by atoms with E-state index in [1.165, 1.54) is 12.8 Å². The Kier molecular flexibility index (Phi) is 4.10. The van der Waals surface area contributed by atoms with Crippen molar-refractivity contribution in [2.75, 3.05) is 13.1 Å². The van der Waals surface area contributed by atoms with Crippen LogP contribution >= 0.6 is 0 Å². The zero-order valence-corrected chi connectivity index (χ0v) is 14.1. The highest BCUT2D eigenvalue weighted by Crippen LogP contribution is 2.44. The second-order valence-electron chi connectivity index (χ2n) is 7.18. The molecule has 0 amide bonds. The molecule has 5 rings (SSSR count). The van der Waals surface area contributed by atoms with E-state index < -0.39 is 11.6 Å². The molecular formula is C21H22NO3-. The van der Waals surface area contributed by atoms with E-state index in [9.17, 15) is 15.0 Å². The summed E-state index contributed by atoms with van der Waals surface area (Å²) < 4.78 is 0. The van der Waals surface area contributed by atoms with Gasteiger partial charge in [0.2, 0.25) is 0 Å². The number of benzene rings is 2. The van der Waals surface area contributed by atoms with Crippen LogP contribution in [0, 0.1) is 5.92 Å². The van der Waals surface area contributed by atoms with Crippen molar-refractivity contribution in [1.82, 2.24) is 4.90 Å². The van der Waals surface area contributed by atoms with Gasteiger partial charge in [-0.3, -0.25) is 4.90 Å². The summed E-state index contributed by atoms with van der Waals surface area (Å²) in [4.78, 5) is 14.5. The van der Waals surface area contributed by atoms with Crippen molar-refractivity contribution in [2.24, 2.45) is 5.92 Å². The molecule has 25 heavy (non-hydrogen) atoms. The van der Waals surface area contributed by atoms with Crippen LogP contribution in [0.4, 0.5) is 0 Å². The Morgan fingerprint density at radius 2 is 1.68 bits per heavy atom. The van der Waals surface area contributed by atoms with Crippen molar-refractivity contribution in [1.29, 1.82) is 0 Å². The molecule has 0 aromatic heterocycles. The molecule has 0 saturated carbocycles. The molecule has 0 spiro atoms. The zero-order chi connectivity index (χ0) is 17.4. The molecule has 130 valence electrons. The van der Waals surface area contributed by atoms with Gasteiger partial charge in [-0.2, -0.15) is 0 Å². The third-order valence-electron chi connectivity index (χ3n) is 5.84. The number of piperidine rings is 3. The SMILES string of the molecule is O=C([O-])C(O)(c1ccccc1)c1ccccc1C1CC2CCN1CC2. The molecule has 2 aromatic carbocycles. The average Bonchev–Trinajstić information content (AvgIpc) is 2.68. The van der Waals surface area contributed by atoms with Gasteiger partial charge < -0.3 is 15.0 Å². The maximum atomic E-state index is 12.0. The molecule has 0 radical (unpaired) electrons. The Morgan fingerprint density at radius 1 is 1.04 bits per heavy atom. The topological polar surface area (TPSA) is 63.6 Å². The van der Waals surface area contributed by atoms with Gasteiger partial charge in [-0.05, 0) is 55.0 Å². The van der Waals surface area contributed by atoms with E-state index in [0.29, 0.717) is 17.0 Å². The van der Waals surface area contributed by atoms with Crippen LogP contribution in [0.3, 0.4) is 0 Å². The number of carbonyl (C=O) groups is 1. The summed E-state index contributed by atoms with van der Waals surface area (Å²) in [7, 11) is 0. The number of hydrogen-bond acceptors (Lipinski definition) is 4. The summed E-state index contributed by atoms with van der Waals surface area (Å²) >= 11 is 0. The number of nitrogens with zero attached hydrogens (tertiary/aromatic N) is 1. The Labute approximate surface area is 147 Å². The highest BCUT2D eigenvalue weighted by Gasteiger charge is 2.40.